The van der Waals surface area contributed by atoms with Crippen molar-refractivity contribution in [1.29, 1.82) is 5.26 Å². The van der Waals surface area contributed by atoms with Crippen LogP contribution >= 0.6 is 91.9 Å². The lowest BCUT2D eigenvalue weighted by Crippen LogP contribution is -3.00. The molecule has 4 aromatic carbocycles. The van der Waals surface area contributed by atoms with E-state index in [4.69, 9.17) is 135 Å². The number of imidazole rings is 2. The summed E-state index contributed by atoms with van der Waals surface area (Å²) in [7, 11) is 0.665. The highest BCUT2D eigenvalue weighted by molar-refractivity contribution is 8.10. The third-order valence-corrected chi connectivity index (χ3v) is 22.3. The number of unbranched alkanes of at least 4 members (excludes halogenated alkanes) is 12. The van der Waals surface area contributed by atoms with E-state index in [1.165, 1.54) is 6.92 Å². The van der Waals surface area contributed by atoms with Crippen LogP contribution in [0.25, 0.3) is 0 Å². The number of piperazine rings is 2. The van der Waals surface area contributed by atoms with Gasteiger partial charge < -0.3 is 125 Å². The predicted octanol–water partition coefficient (Wildman–Crippen LogP) is 9.25. The number of carboxylic acids is 2. The number of anilines is 2. The van der Waals surface area contributed by atoms with Crippen LogP contribution in [0, 0.1) is 11.3 Å². The number of aliphatic carboxylic acids is 2. The monoisotopic (exact) mass is 2210 g/mol. The number of rotatable bonds is 46. The van der Waals surface area contributed by atoms with Gasteiger partial charge >= 0.3 is 45.1 Å². The van der Waals surface area contributed by atoms with Gasteiger partial charge in [-0.05, 0) is 111 Å². The Morgan fingerprint density at radius 1 is 0.481 bits per heavy atom. The minimum absolute atomic E-state index is 0. The van der Waals surface area contributed by atoms with Crippen molar-refractivity contribution in [3.8, 4) is 17.6 Å². The van der Waals surface area contributed by atoms with Gasteiger partial charge in [-0.2, -0.15) is 13.7 Å². The fraction of sp³-hybridized carbons (Fsp3) is 0.547. The van der Waals surface area contributed by atoms with Crippen molar-refractivity contribution < 1.29 is 166 Å². The first-order chi connectivity index (χ1) is 60.9. The van der Waals surface area contributed by atoms with Gasteiger partial charge in [0.05, 0.1) is 29.3 Å². The molecule has 0 bridgehead atoms. The molecular formula is C86H113Cl8I2N9O23S. The smallest absolute Gasteiger partial charge is 0.356 e. The molecule has 4 saturated heterocycles. The third-order valence-electron chi connectivity index (χ3n) is 20.1. The summed E-state index contributed by atoms with van der Waals surface area (Å²) < 4.78 is 89.4. The Morgan fingerprint density at radius 3 is 1.09 bits per heavy atom. The molecule has 0 unspecified atom stereocenters. The third kappa shape index (κ3) is 44.3. The van der Waals surface area contributed by atoms with Gasteiger partial charge in [0.15, 0.2) is 12.1 Å². The van der Waals surface area contributed by atoms with E-state index in [0.29, 0.717) is 107 Å². The highest BCUT2D eigenvalue weighted by atomic mass is 127. The average molecular weight is 2210 g/mol. The van der Waals surface area contributed by atoms with E-state index in [-0.39, 0.29) is 174 Å². The minimum Gasteiger partial charge on any atom is -1.00 e. The van der Waals surface area contributed by atoms with Crippen molar-refractivity contribution in [3.63, 3.8) is 0 Å². The second-order valence-electron chi connectivity index (χ2n) is 29.6. The average Bonchev–Trinajstić information content (AvgIpc) is 1.65. The molecule has 2 aromatic heterocycles. The number of hydrogen-bond donors (Lipinski definition) is 2. The lowest BCUT2D eigenvalue weighted by Gasteiger charge is -2.35. The molecule has 6 heterocycles. The number of nitriles is 1. The summed E-state index contributed by atoms with van der Waals surface area (Å²) in [5.41, 5.74) is 3.38. The fourth-order valence-electron chi connectivity index (χ4n) is 13.6. The molecule has 0 radical (unpaired) electrons. The fourth-order valence-corrected chi connectivity index (χ4v) is 15.7. The SMILES string of the molecule is CC#N.CC(=O)N1CCN(c2ccc(OC[C@@H]3CO[C@@](Cn4cc[n+](COC(=O)CCCCCCCC(=O)OC[n+]5ccn(C[C@@]6(c7ccc(Cl)cc7Cl)OC[C@@H](COc7ccc(N8CCN(C(C)=O)CC8)cc7)O6)c5)c4)(c4ccc(Cl)cc4Cl)O3)cc2)CC1.O=C(CCCCCCCC(=O)OCCl)OCCl.O=C(O)CCCCCCCC(=O)O.O=S(=O)(Cl)OCCl.[I-].[I-]. The Morgan fingerprint density at radius 2 is 0.798 bits per heavy atom. The molecule has 4 fully saturated rings. The van der Waals surface area contributed by atoms with E-state index < -0.39 is 51.1 Å². The maximum atomic E-state index is 12.8. The van der Waals surface area contributed by atoms with Crippen molar-refractivity contribution in [2.75, 3.05) is 107 Å². The number of aromatic nitrogens is 4. The van der Waals surface area contributed by atoms with Crippen LogP contribution < -0.4 is 76.4 Å². The summed E-state index contributed by atoms with van der Waals surface area (Å²) in [6.45, 7) is 12.0. The molecule has 0 aliphatic carbocycles. The van der Waals surface area contributed by atoms with Crippen molar-refractivity contribution in [2.24, 2.45) is 0 Å². The van der Waals surface area contributed by atoms with E-state index >= 15 is 0 Å². The van der Waals surface area contributed by atoms with Crippen LogP contribution in [-0.2, 0) is 128 Å². The number of ether oxygens (including phenoxy) is 10. The van der Waals surface area contributed by atoms with Crippen LogP contribution in [-0.4, -0.2) is 194 Å². The van der Waals surface area contributed by atoms with E-state index in [0.717, 1.165) is 108 Å². The Balaban J connectivity index is 0.000000686. The Bertz CT molecular complexity index is 4300. The van der Waals surface area contributed by atoms with Gasteiger partial charge in [0.2, 0.25) is 49.5 Å². The van der Waals surface area contributed by atoms with Crippen LogP contribution in [0.15, 0.2) is 122 Å². The van der Waals surface area contributed by atoms with Crippen LogP contribution in [0.4, 0.5) is 11.4 Å². The molecule has 0 spiro atoms. The summed E-state index contributed by atoms with van der Waals surface area (Å²) in [4.78, 5) is 99.4. The van der Waals surface area contributed by atoms with E-state index in [2.05, 4.69) is 34.1 Å². The number of carboxylic acid groups (broad SMARTS) is 2. The van der Waals surface area contributed by atoms with Crippen molar-refractivity contribution in [3.05, 3.63) is 154 Å². The topological polar surface area (TPSA) is 367 Å². The van der Waals surface area contributed by atoms with Gasteiger partial charge in [-0.25, -0.2) is 22.5 Å². The normalized spacial score (nSPS) is 16.8. The number of nitrogens with zero attached hydrogens (tertiary/aromatic N) is 9. The number of carbonyl (C=O) groups is 8. The number of halogens is 10. The lowest BCUT2D eigenvalue weighted by atomic mass is 10.1. The molecule has 10 rings (SSSR count). The number of amides is 2. The summed E-state index contributed by atoms with van der Waals surface area (Å²) >= 11 is 41.4. The molecule has 32 nitrogen and oxygen atoms in total. The highest BCUT2D eigenvalue weighted by Crippen LogP contribution is 2.43. The summed E-state index contributed by atoms with van der Waals surface area (Å²) in [6, 6.07) is 27.4. The summed E-state index contributed by atoms with van der Waals surface area (Å²) in [6.07, 6.45) is 24.2. The first kappa shape index (κ1) is 115. The number of hydrogen-bond acceptors (Lipinski definition) is 24. The van der Waals surface area contributed by atoms with Gasteiger partial charge in [0, 0.05) is 155 Å². The molecule has 4 atom stereocenters. The number of benzene rings is 4. The molecule has 4 aliphatic rings. The van der Waals surface area contributed by atoms with Crippen LogP contribution in [0.5, 0.6) is 11.5 Å². The zero-order valence-electron chi connectivity index (χ0n) is 72.2. The molecule has 2 N–H and O–H groups in total. The molecule has 129 heavy (non-hydrogen) atoms. The van der Waals surface area contributed by atoms with Gasteiger partial charge in [0.25, 0.3) is 0 Å². The van der Waals surface area contributed by atoms with E-state index in [9.17, 15) is 46.8 Å². The van der Waals surface area contributed by atoms with Crippen LogP contribution in [0.2, 0.25) is 20.1 Å². The number of esters is 4. The molecular weight excluding hydrogens is 2100 g/mol. The highest BCUT2D eigenvalue weighted by Gasteiger charge is 2.49. The predicted molar refractivity (Wildman–Crippen MR) is 476 cm³/mol. The van der Waals surface area contributed by atoms with Crippen LogP contribution in [0.3, 0.4) is 0 Å². The Labute approximate surface area is 826 Å². The maximum Gasteiger partial charge on any atom is 0.356 e. The number of alkyl halides is 3. The van der Waals surface area contributed by atoms with Crippen molar-refractivity contribution in [2.45, 2.75) is 206 Å². The molecule has 6 aromatic rings. The summed E-state index contributed by atoms with van der Waals surface area (Å²) in [5, 5.41) is 25.7. The first-order valence-electron chi connectivity index (χ1n) is 41.6. The zero-order valence-corrected chi connectivity index (χ0v) is 83.3. The Hall–Kier alpha value is -6.72. The lowest BCUT2D eigenvalue weighted by molar-refractivity contribution is -0.727. The summed E-state index contributed by atoms with van der Waals surface area (Å²) in [5.74, 6) is -3.58. The Kier molecular flexibility index (Phi) is 55.7. The number of carbonyl (C=O) groups excluding carboxylic acids is 6. The molecule has 4 aliphatic heterocycles. The van der Waals surface area contributed by atoms with Crippen LogP contribution in [0.1, 0.15) is 167 Å². The standard InChI is InChI=1S/C63H74Cl4N8O12.C11H18Cl2O4.C9H16O4.C2H3N.CH2Cl2O3S.2HI/c1-46(76)72-26-30-74(31-27-72)50-12-16-52(17-13-50)80-36-54-38-84-62(86-54,56-20-10-48(64)34-58(56)66)40-68-22-24-70(42-68)44-82-60(78)8-6-4-3-5-7-9-61(79)83-45-71-25-23-69(43-71)41-63(57-21-11-49(65)35-59(57)67)85-39-55(87-63)37-81-53-18-14-51(15-19-53)75-32-28-73(29-33-75)47(2)77;12-8-16-10(14)6-4-2-1-3-5-7-11(15)17-9-13;10-8(11)6-4-2-1-3-5-7-9(12)13;1-2-3;2-1-6-7(3,4)5;;/h10-25,34-35,42-43,54-55H,3-9,26-33,36-41,44-45H2,1-2H3;1-9H2;1-7H2,(H,10,11)(H,12,13);1H3;1H2;2*1H/q+2;;;;;;/p-2/t54-,55-,62-,63-;;;;;;/m1....../s1. The first-order valence-corrected chi connectivity index (χ1v) is 47.0. The molecule has 716 valence electrons. The zero-order chi connectivity index (χ0) is 92.6. The van der Waals surface area contributed by atoms with E-state index in [1.54, 1.807) is 77.8 Å². The molecule has 0 saturated carbocycles. The van der Waals surface area contributed by atoms with Crippen molar-refractivity contribution in [1.82, 2.24) is 18.9 Å². The quantitative estimate of drug-likeness (QED) is 0.00683. The minimum atomic E-state index is -3.83. The maximum absolute atomic E-state index is 12.8. The van der Waals surface area contributed by atoms with Crippen molar-refractivity contribution >= 4 is 160 Å². The second-order valence-corrected chi connectivity index (χ2v) is 34.1. The van der Waals surface area contributed by atoms with Gasteiger partial charge in [-0.1, -0.05) is 151 Å². The largest absolute Gasteiger partial charge is 1.00 e. The van der Waals surface area contributed by atoms with E-state index in [1.807, 2.05) is 92.5 Å². The molecule has 2 amide bonds. The van der Waals surface area contributed by atoms with Gasteiger partial charge in [0.1, 0.15) is 80.9 Å². The van der Waals surface area contributed by atoms with Gasteiger partial charge in [-0.3, -0.25) is 38.4 Å². The second kappa shape index (κ2) is 62.7. The van der Waals surface area contributed by atoms with Gasteiger partial charge in [-0.15, -0.1) is 0 Å². The molecule has 43 heteroatoms.